The molecule has 0 aliphatic heterocycles. The largest absolute Gasteiger partial charge is 0.370 e. The lowest BCUT2D eigenvalue weighted by Crippen LogP contribution is -2.18. The lowest BCUT2D eigenvalue weighted by molar-refractivity contribution is 0.883. The molecule has 3 N–H and O–H groups in total. The van der Waals surface area contributed by atoms with Crippen LogP contribution in [0.3, 0.4) is 0 Å². The summed E-state index contributed by atoms with van der Waals surface area (Å²) in [6, 6.07) is 9.80. The SMILES string of the molecule is Cc1ccc(Cc2cnc(NCCCNc3cccc(C)n3)[nH]c2=O)cn1. The number of hydrogen-bond acceptors (Lipinski definition) is 6. The van der Waals surface area contributed by atoms with Crippen LogP contribution in [0.15, 0.2) is 47.5 Å². The maximum absolute atomic E-state index is 12.2. The summed E-state index contributed by atoms with van der Waals surface area (Å²) < 4.78 is 0. The molecular weight excluding hydrogens is 340 g/mol. The third kappa shape index (κ3) is 5.64. The van der Waals surface area contributed by atoms with Gasteiger partial charge in [0.15, 0.2) is 0 Å². The number of nitrogens with one attached hydrogen (secondary N) is 3. The first-order valence-corrected chi connectivity index (χ1v) is 9.01. The molecule has 0 radical (unpaired) electrons. The van der Waals surface area contributed by atoms with Gasteiger partial charge in [0.2, 0.25) is 5.95 Å². The zero-order chi connectivity index (χ0) is 19.1. The van der Waals surface area contributed by atoms with Crippen molar-refractivity contribution >= 4 is 11.8 Å². The molecule has 0 saturated heterocycles. The number of aromatic nitrogens is 4. The van der Waals surface area contributed by atoms with E-state index in [1.807, 2.05) is 44.2 Å². The Balaban J connectivity index is 1.46. The third-order valence-electron chi connectivity index (χ3n) is 4.08. The predicted molar refractivity (Wildman–Crippen MR) is 107 cm³/mol. The topological polar surface area (TPSA) is 95.6 Å². The Hall–Kier alpha value is -3.22. The van der Waals surface area contributed by atoms with Crippen LogP contribution in [-0.2, 0) is 6.42 Å². The minimum atomic E-state index is -0.129. The molecule has 7 heteroatoms. The van der Waals surface area contributed by atoms with Gasteiger partial charge in [-0.2, -0.15) is 0 Å². The van der Waals surface area contributed by atoms with E-state index in [4.69, 9.17) is 0 Å². The van der Waals surface area contributed by atoms with Crippen LogP contribution in [0, 0.1) is 13.8 Å². The zero-order valence-electron chi connectivity index (χ0n) is 15.6. The van der Waals surface area contributed by atoms with Gasteiger partial charge in [0.1, 0.15) is 5.82 Å². The molecule has 27 heavy (non-hydrogen) atoms. The fourth-order valence-corrected chi connectivity index (χ4v) is 2.61. The van der Waals surface area contributed by atoms with Gasteiger partial charge in [-0.15, -0.1) is 0 Å². The van der Waals surface area contributed by atoms with Crippen LogP contribution in [0.5, 0.6) is 0 Å². The van der Waals surface area contributed by atoms with E-state index in [9.17, 15) is 4.79 Å². The Labute approximate surface area is 158 Å². The van der Waals surface area contributed by atoms with Gasteiger partial charge in [0.25, 0.3) is 5.56 Å². The summed E-state index contributed by atoms with van der Waals surface area (Å²) in [7, 11) is 0. The van der Waals surface area contributed by atoms with Crippen LogP contribution in [0.1, 0.15) is 28.9 Å². The fraction of sp³-hybridized carbons (Fsp3) is 0.300. The highest BCUT2D eigenvalue weighted by Crippen LogP contribution is 2.06. The van der Waals surface area contributed by atoms with E-state index in [2.05, 4.69) is 30.6 Å². The molecule has 0 aromatic carbocycles. The summed E-state index contributed by atoms with van der Waals surface area (Å²) in [6.07, 6.45) is 4.80. The van der Waals surface area contributed by atoms with Crippen molar-refractivity contribution in [3.05, 3.63) is 75.6 Å². The Bertz CT molecular complexity index is 936. The Morgan fingerprint density at radius 2 is 1.81 bits per heavy atom. The van der Waals surface area contributed by atoms with E-state index >= 15 is 0 Å². The molecule has 0 aliphatic carbocycles. The van der Waals surface area contributed by atoms with Gasteiger partial charge in [-0.1, -0.05) is 12.1 Å². The van der Waals surface area contributed by atoms with Gasteiger partial charge in [-0.25, -0.2) is 9.97 Å². The van der Waals surface area contributed by atoms with Gasteiger partial charge in [-0.3, -0.25) is 14.8 Å². The highest BCUT2D eigenvalue weighted by Gasteiger charge is 2.04. The molecule has 0 amide bonds. The number of aromatic amines is 1. The number of rotatable bonds is 8. The number of H-pyrrole nitrogens is 1. The van der Waals surface area contributed by atoms with Crippen molar-refractivity contribution in [1.82, 2.24) is 19.9 Å². The van der Waals surface area contributed by atoms with Crippen LogP contribution >= 0.6 is 0 Å². The summed E-state index contributed by atoms with van der Waals surface area (Å²) in [4.78, 5) is 28.0. The molecular formula is C20H24N6O. The normalized spacial score (nSPS) is 10.6. The van der Waals surface area contributed by atoms with Crippen molar-refractivity contribution in [1.29, 1.82) is 0 Å². The Morgan fingerprint density at radius 1 is 0.963 bits per heavy atom. The molecule has 0 aliphatic rings. The summed E-state index contributed by atoms with van der Waals surface area (Å²) in [6.45, 7) is 5.38. The average Bonchev–Trinajstić information content (AvgIpc) is 2.65. The third-order valence-corrected chi connectivity index (χ3v) is 4.08. The van der Waals surface area contributed by atoms with E-state index in [1.165, 1.54) is 0 Å². The number of pyridine rings is 2. The van der Waals surface area contributed by atoms with Crippen molar-refractivity contribution < 1.29 is 0 Å². The van der Waals surface area contributed by atoms with Crippen molar-refractivity contribution in [3.63, 3.8) is 0 Å². The minimum absolute atomic E-state index is 0.129. The molecule has 0 fully saturated rings. The lowest BCUT2D eigenvalue weighted by atomic mass is 10.1. The molecule has 0 spiro atoms. The van der Waals surface area contributed by atoms with Crippen molar-refractivity contribution in [2.24, 2.45) is 0 Å². The van der Waals surface area contributed by atoms with E-state index < -0.39 is 0 Å². The van der Waals surface area contributed by atoms with E-state index in [1.54, 1.807) is 12.4 Å². The van der Waals surface area contributed by atoms with Crippen molar-refractivity contribution in [3.8, 4) is 0 Å². The first-order valence-electron chi connectivity index (χ1n) is 9.01. The van der Waals surface area contributed by atoms with Gasteiger partial charge in [0.05, 0.1) is 0 Å². The van der Waals surface area contributed by atoms with Gasteiger partial charge in [0, 0.05) is 48.9 Å². The quantitative estimate of drug-likeness (QED) is 0.532. The zero-order valence-corrected chi connectivity index (χ0v) is 15.6. The molecule has 3 rings (SSSR count). The molecule has 0 atom stereocenters. The minimum Gasteiger partial charge on any atom is -0.370 e. The van der Waals surface area contributed by atoms with Crippen LogP contribution in [0.25, 0.3) is 0 Å². The molecule has 0 bridgehead atoms. The average molecular weight is 364 g/mol. The molecule has 3 aromatic heterocycles. The van der Waals surface area contributed by atoms with Gasteiger partial charge < -0.3 is 10.6 Å². The molecule has 7 nitrogen and oxygen atoms in total. The fourth-order valence-electron chi connectivity index (χ4n) is 2.61. The van der Waals surface area contributed by atoms with Gasteiger partial charge >= 0.3 is 0 Å². The van der Waals surface area contributed by atoms with Crippen LogP contribution < -0.4 is 16.2 Å². The summed E-state index contributed by atoms with van der Waals surface area (Å²) in [5, 5.41) is 6.42. The maximum atomic E-state index is 12.2. The lowest BCUT2D eigenvalue weighted by Gasteiger charge is -2.08. The molecule has 0 unspecified atom stereocenters. The number of hydrogen-bond donors (Lipinski definition) is 3. The summed E-state index contributed by atoms with van der Waals surface area (Å²) >= 11 is 0. The van der Waals surface area contributed by atoms with Crippen molar-refractivity contribution in [2.75, 3.05) is 23.7 Å². The highest BCUT2D eigenvalue weighted by atomic mass is 16.1. The second-order valence-electron chi connectivity index (χ2n) is 6.44. The number of anilines is 2. The highest BCUT2D eigenvalue weighted by molar-refractivity contribution is 5.35. The smallest absolute Gasteiger partial charge is 0.255 e. The summed E-state index contributed by atoms with van der Waals surface area (Å²) in [5.74, 6) is 1.36. The summed E-state index contributed by atoms with van der Waals surface area (Å²) in [5.41, 5.74) is 3.43. The standard InChI is InChI=1S/C20H24N6O/c1-14-7-8-16(12-23-14)11-17-13-24-20(26-19(17)27)22-10-4-9-21-18-6-3-5-15(2)25-18/h3,5-8,12-13H,4,9-11H2,1-2H3,(H,21,25)(H2,22,24,26,27). The van der Waals surface area contributed by atoms with Crippen molar-refractivity contribution in [2.45, 2.75) is 26.7 Å². The van der Waals surface area contributed by atoms with E-state index in [0.717, 1.165) is 35.7 Å². The van der Waals surface area contributed by atoms with E-state index in [0.29, 0.717) is 24.5 Å². The molecule has 3 aromatic rings. The molecule has 0 saturated carbocycles. The van der Waals surface area contributed by atoms with Crippen LogP contribution in [0.2, 0.25) is 0 Å². The Morgan fingerprint density at radius 3 is 2.56 bits per heavy atom. The second-order valence-corrected chi connectivity index (χ2v) is 6.44. The monoisotopic (exact) mass is 364 g/mol. The molecule has 140 valence electrons. The first kappa shape index (κ1) is 18.6. The number of nitrogens with zero attached hydrogens (tertiary/aromatic N) is 3. The van der Waals surface area contributed by atoms with Crippen LogP contribution in [0.4, 0.5) is 11.8 Å². The van der Waals surface area contributed by atoms with Crippen LogP contribution in [-0.4, -0.2) is 33.0 Å². The molecule has 3 heterocycles. The predicted octanol–water partition coefficient (Wildman–Crippen LogP) is 2.68. The maximum Gasteiger partial charge on any atom is 0.255 e. The Kier molecular flexibility index (Phi) is 6.14. The van der Waals surface area contributed by atoms with Gasteiger partial charge in [-0.05, 0) is 44.0 Å². The second kappa shape index (κ2) is 8.93. The van der Waals surface area contributed by atoms with E-state index in [-0.39, 0.29) is 5.56 Å². The first-order chi connectivity index (χ1) is 13.1. The number of aryl methyl sites for hydroxylation is 2.